The standard InChI is InChI=1S/C10H12BNO3/c1-3-10(13)12-15-11(14)9-6-4-8(2)5-7-9/h3-7,14H,1H2,2H3,(H,12,13). The van der Waals surface area contributed by atoms with Crippen LogP contribution in [0.25, 0.3) is 0 Å². The summed E-state index contributed by atoms with van der Waals surface area (Å²) in [6, 6.07) is 7.13. The first-order valence-electron chi connectivity index (χ1n) is 4.46. The number of amides is 1. The summed E-state index contributed by atoms with van der Waals surface area (Å²) in [6.07, 6.45) is 1.06. The number of hydroxylamine groups is 1. The quantitative estimate of drug-likeness (QED) is 0.410. The first-order chi connectivity index (χ1) is 7.13. The van der Waals surface area contributed by atoms with Gasteiger partial charge in [-0.2, -0.15) is 0 Å². The molecule has 0 heterocycles. The fraction of sp³-hybridized carbons (Fsp3) is 0.100. The summed E-state index contributed by atoms with van der Waals surface area (Å²) in [5.41, 5.74) is 3.70. The van der Waals surface area contributed by atoms with E-state index in [1.807, 2.05) is 24.5 Å². The molecule has 0 saturated carbocycles. The monoisotopic (exact) mass is 205 g/mol. The molecule has 15 heavy (non-hydrogen) atoms. The molecule has 0 bridgehead atoms. The fourth-order valence-electron chi connectivity index (χ4n) is 0.955. The third kappa shape index (κ3) is 3.57. The van der Waals surface area contributed by atoms with E-state index in [1.54, 1.807) is 12.1 Å². The summed E-state index contributed by atoms with van der Waals surface area (Å²) < 4.78 is 4.71. The lowest BCUT2D eigenvalue weighted by molar-refractivity contribution is -0.123. The Hall–Kier alpha value is -1.59. The minimum atomic E-state index is -1.17. The van der Waals surface area contributed by atoms with E-state index in [1.165, 1.54) is 0 Å². The first kappa shape index (κ1) is 11.5. The number of hydrogen-bond acceptors (Lipinski definition) is 3. The van der Waals surface area contributed by atoms with Gasteiger partial charge in [-0.15, -0.1) is 0 Å². The molecule has 0 aromatic heterocycles. The number of nitrogens with one attached hydrogen (secondary N) is 1. The number of carbonyl (C=O) groups excluding carboxylic acids is 1. The van der Waals surface area contributed by atoms with E-state index >= 15 is 0 Å². The third-order valence-electron chi connectivity index (χ3n) is 1.82. The zero-order chi connectivity index (χ0) is 11.3. The molecule has 0 unspecified atom stereocenters. The van der Waals surface area contributed by atoms with E-state index in [9.17, 15) is 9.82 Å². The highest BCUT2D eigenvalue weighted by Gasteiger charge is 2.17. The minimum absolute atomic E-state index is 0.499. The van der Waals surface area contributed by atoms with Gasteiger partial charge >= 0.3 is 7.12 Å². The summed E-state index contributed by atoms with van der Waals surface area (Å²) >= 11 is 0. The molecule has 1 rings (SSSR count). The smallest absolute Gasteiger partial charge is 0.422 e. The summed E-state index contributed by atoms with van der Waals surface area (Å²) in [5.74, 6) is -0.499. The highest BCUT2D eigenvalue weighted by atomic mass is 16.7. The van der Waals surface area contributed by atoms with Crippen LogP contribution in [0.15, 0.2) is 36.9 Å². The zero-order valence-electron chi connectivity index (χ0n) is 8.43. The summed E-state index contributed by atoms with van der Waals surface area (Å²) in [4.78, 5) is 10.7. The molecular formula is C10H12BNO3. The molecule has 78 valence electrons. The van der Waals surface area contributed by atoms with Gasteiger partial charge in [-0.1, -0.05) is 36.4 Å². The van der Waals surface area contributed by atoms with Crippen molar-refractivity contribution in [3.63, 3.8) is 0 Å². The lowest BCUT2D eigenvalue weighted by Gasteiger charge is -2.07. The second-order valence-electron chi connectivity index (χ2n) is 3.05. The molecule has 0 radical (unpaired) electrons. The van der Waals surface area contributed by atoms with Gasteiger partial charge in [-0.05, 0) is 18.5 Å². The lowest BCUT2D eigenvalue weighted by atomic mass is 9.80. The zero-order valence-corrected chi connectivity index (χ0v) is 8.43. The Morgan fingerprint density at radius 2 is 2.13 bits per heavy atom. The molecule has 4 nitrogen and oxygen atoms in total. The predicted molar refractivity (Wildman–Crippen MR) is 58.2 cm³/mol. The van der Waals surface area contributed by atoms with Gasteiger partial charge in [-0.3, -0.25) is 9.55 Å². The second kappa shape index (κ2) is 5.33. The van der Waals surface area contributed by atoms with Crippen LogP contribution < -0.4 is 10.9 Å². The van der Waals surface area contributed by atoms with Crippen LogP contribution in [0.2, 0.25) is 0 Å². The van der Waals surface area contributed by atoms with Crippen molar-refractivity contribution in [2.75, 3.05) is 0 Å². The normalized spacial score (nSPS) is 9.47. The van der Waals surface area contributed by atoms with E-state index in [-0.39, 0.29) is 0 Å². The lowest BCUT2D eigenvalue weighted by Crippen LogP contribution is -2.40. The van der Waals surface area contributed by atoms with Crippen LogP contribution in [0.5, 0.6) is 0 Å². The van der Waals surface area contributed by atoms with Crippen molar-refractivity contribution >= 4 is 18.5 Å². The van der Waals surface area contributed by atoms with Crippen LogP contribution >= 0.6 is 0 Å². The first-order valence-corrected chi connectivity index (χ1v) is 4.46. The summed E-state index contributed by atoms with van der Waals surface area (Å²) in [7, 11) is -1.17. The van der Waals surface area contributed by atoms with E-state index in [0.29, 0.717) is 5.46 Å². The van der Waals surface area contributed by atoms with Gasteiger partial charge in [0, 0.05) is 0 Å². The van der Waals surface area contributed by atoms with Crippen molar-refractivity contribution in [3.8, 4) is 0 Å². The Balaban J connectivity index is 2.53. The number of benzene rings is 1. The minimum Gasteiger partial charge on any atom is -0.422 e. The maximum absolute atomic E-state index is 10.7. The molecule has 2 N–H and O–H groups in total. The van der Waals surface area contributed by atoms with Crippen molar-refractivity contribution in [2.24, 2.45) is 0 Å². The van der Waals surface area contributed by atoms with Crippen LogP contribution in [0.4, 0.5) is 0 Å². The molecule has 0 saturated heterocycles. The Kier molecular flexibility index (Phi) is 4.09. The van der Waals surface area contributed by atoms with E-state index in [4.69, 9.17) is 4.76 Å². The van der Waals surface area contributed by atoms with Gasteiger partial charge in [-0.25, -0.2) is 5.48 Å². The Bertz CT molecular complexity index is 350. The van der Waals surface area contributed by atoms with Crippen molar-refractivity contribution < 1.29 is 14.6 Å². The van der Waals surface area contributed by atoms with Crippen LogP contribution in [-0.4, -0.2) is 18.0 Å². The van der Waals surface area contributed by atoms with E-state index < -0.39 is 13.0 Å². The van der Waals surface area contributed by atoms with Gasteiger partial charge in [0.25, 0.3) is 5.91 Å². The summed E-state index contributed by atoms with van der Waals surface area (Å²) in [5, 5.41) is 9.48. The molecule has 0 aliphatic heterocycles. The van der Waals surface area contributed by atoms with Crippen LogP contribution in [0.1, 0.15) is 5.56 Å². The SMILES string of the molecule is C=CC(=O)NOB(O)c1ccc(C)cc1. The molecule has 0 atom stereocenters. The van der Waals surface area contributed by atoms with Gasteiger partial charge in [0.05, 0.1) is 0 Å². The van der Waals surface area contributed by atoms with Gasteiger partial charge in [0.2, 0.25) is 0 Å². The van der Waals surface area contributed by atoms with Crippen LogP contribution in [0, 0.1) is 6.92 Å². The van der Waals surface area contributed by atoms with Crippen molar-refractivity contribution in [1.29, 1.82) is 0 Å². The molecule has 0 fully saturated rings. The largest absolute Gasteiger partial charge is 0.514 e. The van der Waals surface area contributed by atoms with Crippen LogP contribution in [-0.2, 0) is 9.55 Å². The van der Waals surface area contributed by atoms with Crippen molar-refractivity contribution in [1.82, 2.24) is 5.48 Å². The molecule has 5 heteroatoms. The number of hydrogen-bond donors (Lipinski definition) is 2. The molecule has 0 aliphatic carbocycles. The average Bonchev–Trinajstić information content (AvgIpc) is 2.26. The van der Waals surface area contributed by atoms with Crippen molar-refractivity contribution in [2.45, 2.75) is 6.92 Å². The topological polar surface area (TPSA) is 58.6 Å². The van der Waals surface area contributed by atoms with Gasteiger partial charge < -0.3 is 5.02 Å². The second-order valence-corrected chi connectivity index (χ2v) is 3.05. The molecule has 1 aromatic rings. The molecule has 1 amide bonds. The van der Waals surface area contributed by atoms with E-state index in [2.05, 4.69) is 6.58 Å². The van der Waals surface area contributed by atoms with Crippen molar-refractivity contribution in [3.05, 3.63) is 42.5 Å². The molecule has 1 aromatic carbocycles. The third-order valence-corrected chi connectivity index (χ3v) is 1.82. The Morgan fingerprint density at radius 3 is 2.67 bits per heavy atom. The van der Waals surface area contributed by atoms with Crippen LogP contribution in [0.3, 0.4) is 0 Å². The number of carbonyl (C=O) groups is 1. The number of aryl methyl sites for hydroxylation is 1. The summed E-state index contributed by atoms with van der Waals surface area (Å²) in [6.45, 7) is 5.19. The molecule has 0 spiro atoms. The number of rotatable bonds is 4. The maximum atomic E-state index is 10.7. The van der Waals surface area contributed by atoms with Gasteiger partial charge in [0.15, 0.2) is 0 Å². The Morgan fingerprint density at radius 1 is 1.53 bits per heavy atom. The highest BCUT2D eigenvalue weighted by Crippen LogP contribution is 1.94. The Labute approximate surface area is 88.7 Å². The highest BCUT2D eigenvalue weighted by molar-refractivity contribution is 6.59. The maximum Gasteiger partial charge on any atom is 0.514 e. The average molecular weight is 205 g/mol. The molecule has 0 aliphatic rings. The molecular weight excluding hydrogens is 193 g/mol. The van der Waals surface area contributed by atoms with Gasteiger partial charge in [0.1, 0.15) is 0 Å². The fourth-order valence-corrected chi connectivity index (χ4v) is 0.955. The van der Waals surface area contributed by atoms with E-state index in [0.717, 1.165) is 11.6 Å². The predicted octanol–water partition coefficient (Wildman–Crippen LogP) is -0.0837.